The van der Waals surface area contributed by atoms with Crippen LogP contribution in [-0.2, 0) is 17.8 Å². The molecule has 0 aliphatic rings. The van der Waals surface area contributed by atoms with Crippen LogP contribution in [0.15, 0.2) is 53.7 Å². The highest BCUT2D eigenvalue weighted by atomic mass is 127. The van der Waals surface area contributed by atoms with Crippen LogP contribution in [0.2, 0.25) is 0 Å². The van der Waals surface area contributed by atoms with Crippen molar-refractivity contribution in [3.8, 4) is 0 Å². The molecule has 0 unspecified atom stereocenters. The fraction of sp³-hybridized carbons (Fsp3) is 0.350. The van der Waals surface area contributed by atoms with Crippen LogP contribution >= 0.6 is 24.0 Å². The summed E-state index contributed by atoms with van der Waals surface area (Å²) in [6.07, 6.45) is 4.01. The molecule has 0 atom stereocenters. The van der Waals surface area contributed by atoms with E-state index in [4.69, 9.17) is 0 Å². The molecule has 2 aromatic rings. The summed E-state index contributed by atoms with van der Waals surface area (Å²) >= 11 is 0. The summed E-state index contributed by atoms with van der Waals surface area (Å²) < 4.78 is 0. The van der Waals surface area contributed by atoms with Crippen LogP contribution in [0.25, 0.3) is 0 Å². The van der Waals surface area contributed by atoms with E-state index in [1.54, 1.807) is 13.2 Å². The number of nitrogens with one attached hydrogen (secondary N) is 3. The van der Waals surface area contributed by atoms with Crippen LogP contribution in [-0.4, -0.2) is 30.4 Å². The van der Waals surface area contributed by atoms with Crippen molar-refractivity contribution in [1.29, 1.82) is 0 Å². The van der Waals surface area contributed by atoms with Gasteiger partial charge < -0.3 is 16.0 Å². The van der Waals surface area contributed by atoms with Crippen molar-refractivity contribution >= 4 is 41.5 Å². The van der Waals surface area contributed by atoms with Crippen LogP contribution in [0, 0.1) is 0 Å². The van der Waals surface area contributed by atoms with Gasteiger partial charge in [0, 0.05) is 50.6 Å². The van der Waals surface area contributed by atoms with Gasteiger partial charge in [-0.05, 0) is 36.2 Å². The molecule has 0 saturated heterocycles. The average molecular weight is 481 g/mol. The van der Waals surface area contributed by atoms with E-state index in [-0.39, 0.29) is 29.9 Å². The predicted molar refractivity (Wildman–Crippen MR) is 122 cm³/mol. The third-order valence-electron chi connectivity index (χ3n) is 3.77. The highest BCUT2D eigenvalue weighted by Crippen LogP contribution is 2.11. The zero-order valence-corrected chi connectivity index (χ0v) is 18.2. The van der Waals surface area contributed by atoms with E-state index >= 15 is 0 Å². The number of hydrogen-bond donors (Lipinski definition) is 3. The van der Waals surface area contributed by atoms with Gasteiger partial charge in [-0.15, -0.1) is 24.0 Å². The first-order valence-electron chi connectivity index (χ1n) is 8.94. The highest BCUT2D eigenvalue weighted by molar-refractivity contribution is 14.0. The Morgan fingerprint density at radius 3 is 2.70 bits per heavy atom. The van der Waals surface area contributed by atoms with Gasteiger partial charge >= 0.3 is 0 Å². The first kappa shape index (κ1) is 22.9. The Balaban J connectivity index is 0.00000364. The van der Waals surface area contributed by atoms with Gasteiger partial charge in [0.15, 0.2) is 5.96 Å². The van der Waals surface area contributed by atoms with Gasteiger partial charge in [0.05, 0.1) is 0 Å². The van der Waals surface area contributed by atoms with Gasteiger partial charge in [0.1, 0.15) is 0 Å². The van der Waals surface area contributed by atoms with Gasteiger partial charge in [-0.25, -0.2) is 0 Å². The fourth-order valence-corrected chi connectivity index (χ4v) is 2.47. The Kier molecular flexibility index (Phi) is 11.1. The maximum Gasteiger partial charge on any atom is 0.224 e. The normalized spacial score (nSPS) is 10.7. The largest absolute Gasteiger partial charge is 0.356 e. The molecule has 27 heavy (non-hydrogen) atoms. The molecule has 6 nitrogen and oxygen atoms in total. The minimum atomic E-state index is 0. The molecule has 7 heteroatoms. The summed E-state index contributed by atoms with van der Waals surface area (Å²) in [7, 11) is 1.75. The molecule has 0 bridgehead atoms. The van der Waals surface area contributed by atoms with Crippen molar-refractivity contribution < 1.29 is 4.79 Å². The molecule has 0 radical (unpaired) electrons. The number of carbonyl (C=O) groups excluding carboxylic acids is 1. The van der Waals surface area contributed by atoms with Crippen molar-refractivity contribution in [2.45, 2.75) is 32.7 Å². The number of rotatable bonds is 8. The lowest BCUT2D eigenvalue weighted by atomic mass is 10.2. The topological polar surface area (TPSA) is 78.4 Å². The molecule has 0 saturated carbocycles. The third kappa shape index (κ3) is 8.85. The molecular formula is C20H28IN5O. The van der Waals surface area contributed by atoms with E-state index in [1.165, 1.54) is 0 Å². The zero-order chi connectivity index (χ0) is 18.6. The molecule has 1 amide bonds. The van der Waals surface area contributed by atoms with Crippen LogP contribution < -0.4 is 16.0 Å². The molecule has 0 aliphatic heterocycles. The quantitative estimate of drug-likeness (QED) is 0.307. The summed E-state index contributed by atoms with van der Waals surface area (Å²) in [5.41, 5.74) is 2.94. The fourth-order valence-electron chi connectivity index (χ4n) is 2.47. The Morgan fingerprint density at radius 2 is 2.00 bits per heavy atom. The number of aromatic nitrogens is 1. The van der Waals surface area contributed by atoms with Crippen molar-refractivity contribution in [1.82, 2.24) is 15.6 Å². The van der Waals surface area contributed by atoms with E-state index in [0.29, 0.717) is 13.0 Å². The molecule has 146 valence electrons. The predicted octanol–water partition coefficient (Wildman–Crippen LogP) is 3.35. The number of hydrogen-bond acceptors (Lipinski definition) is 3. The van der Waals surface area contributed by atoms with Crippen molar-refractivity contribution in [2.24, 2.45) is 4.99 Å². The van der Waals surface area contributed by atoms with E-state index in [1.807, 2.05) is 49.4 Å². The van der Waals surface area contributed by atoms with Gasteiger partial charge in [-0.2, -0.15) is 0 Å². The Labute approximate surface area is 178 Å². The van der Waals surface area contributed by atoms with Crippen molar-refractivity contribution in [3.05, 3.63) is 59.9 Å². The van der Waals surface area contributed by atoms with Crippen LogP contribution in [0.4, 0.5) is 5.69 Å². The number of halogens is 1. The molecular weight excluding hydrogens is 453 g/mol. The van der Waals surface area contributed by atoms with E-state index in [9.17, 15) is 4.79 Å². The smallest absolute Gasteiger partial charge is 0.224 e. The Hall–Kier alpha value is -2.16. The Bertz CT molecular complexity index is 721. The summed E-state index contributed by atoms with van der Waals surface area (Å²) in [5, 5.41) is 9.48. The molecule has 1 heterocycles. The number of nitrogens with zero attached hydrogens (tertiary/aromatic N) is 2. The number of benzene rings is 1. The highest BCUT2D eigenvalue weighted by Gasteiger charge is 2.03. The maximum absolute atomic E-state index is 11.7. The number of amides is 1. The third-order valence-corrected chi connectivity index (χ3v) is 3.77. The monoisotopic (exact) mass is 481 g/mol. The lowest BCUT2D eigenvalue weighted by Gasteiger charge is -2.12. The SMILES string of the molecule is CCCC(=O)Nc1cccc(CNC(=NC)NCCc2ccccn2)c1.I. The van der Waals surface area contributed by atoms with Crippen LogP contribution in [0.1, 0.15) is 31.0 Å². The second kappa shape index (κ2) is 13.1. The standard InChI is InChI=1S/C20H27N5O.HI/c1-3-7-19(26)25-18-10-6-8-16(14-18)15-24-20(21-2)23-13-11-17-9-4-5-12-22-17;/h4-6,8-10,12,14H,3,7,11,13,15H2,1-2H3,(H,25,26)(H2,21,23,24);1H. The first-order valence-corrected chi connectivity index (χ1v) is 8.94. The lowest BCUT2D eigenvalue weighted by Crippen LogP contribution is -2.37. The number of guanidine groups is 1. The molecule has 3 N–H and O–H groups in total. The van der Waals surface area contributed by atoms with E-state index < -0.39 is 0 Å². The van der Waals surface area contributed by atoms with Crippen LogP contribution in [0.3, 0.4) is 0 Å². The zero-order valence-electron chi connectivity index (χ0n) is 15.9. The number of pyridine rings is 1. The van der Waals surface area contributed by atoms with Gasteiger partial charge in [-0.3, -0.25) is 14.8 Å². The van der Waals surface area contributed by atoms with Crippen LogP contribution in [0.5, 0.6) is 0 Å². The number of carbonyl (C=O) groups is 1. The average Bonchev–Trinajstić information content (AvgIpc) is 2.66. The minimum absolute atomic E-state index is 0. The summed E-state index contributed by atoms with van der Waals surface area (Å²) in [6.45, 7) is 3.37. The molecule has 0 spiro atoms. The van der Waals surface area contributed by atoms with Gasteiger partial charge in [0.2, 0.25) is 5.91 Å². The second-order valence-electron chi connectivity index (χ2n) is 5.92. The maximum atomic E-state index is 11.7. The Morgan fingerprint density at radius 1 is 1.15 bits per heavy atom. The van der Waals surface area contributed by atoms with Crippen molar-refractivity contribution in [2.75, 3.05) is 18.9 Å². The van der Waals surface area contributed by atoms with Crippen molar-refractivity contribution in [3.63, 3.8) is 0 Å². The molecule has 2 rings (SSSR count). The van der Waals surface area contributed by atoms with E-state index in [0.717, 1.165) is 42.3 Å². The van der Waals surface area contributed by atoms with Gasteiger partial charge in [0.25, 0.3) is 0 Å². The first-order chi connectivity index (χ1) is 12.7. The number of anilines is 1. The summed E-state index contributed by atoms with van der Waals surface area (Å²) in [4.78, 5) is 20.3. The lowest BCUT2D eigenvalue weighted by molar-refractivity contribution is -0.116. The van der Waals surface area contributed by atoms with Gasteiger partial charge in [-0.1, -0.05) is 25.1 Å². The minimum Gasteiger partial charge on any atom is -0.356 e. The summed E-state index contributed by atoms with van der Waals surface area (Å²) in [6, 6.07) is 13.7. The molecule has 1 aromatic carbocycles. The molecule has 1 aromatic heterocycles. The molecule has 0 fully saturated rings. The molecule has 0 aliphatic carbocycles. The van der Waals surface area contributed by atoms with E-state index in [2.05, 4.69) is 25.9 Å². The summed E-state index contributed by atoms with van der Waals surface area (Å²) in [5.74, 6) is 0.783. The second-order valence-corrected chi connectivity index (χ2v) is 5.92. The number of aliphatic imine (C=N–C) groups is 1.